The van der Waals surface area contributed by atoms with Crippen LogP contribution in [0.25, 0.3) is 0 Å². The number of nitrogens with one attached hydrogen (secondary N) is 2. The van der Waals surface area contributed by atoms with Gasteiger partial charge >= 0.3 is 11.9 Å². The number of carbonyl (C=O) groups excluding carboxylic acids is 4. The van der Waals surface area contributed by atoms with Crippen molar-refractivity contribution in [2.24, 2.45) is 0 Å². The highest BCUT2D eigenvalue weighted by Crippen LogP contribution is 2.08. The normalized spacial score (nSPS) is 11.9. The molecular formula is C27H30N2O7. The first-order chi connectivity index (χ1) is 17.4. The monoisotopic (exact) mass is 494 g/mol. The second-order valence-corrected chi connectivity index (χ2v) is 7.81. The highest BCUT2D eigenvalue weighted by atomic mass is 16.5. The number of amides is 2. The molecule has 2 aromatic carbocycles. The van der Waals surface area contributed by atoms with Gasteiger partial charge in [-0.1, -0.05) is 66.6 Å². The number of esters is 2. The van der Waals surface area contributed by atoms with Crippen molar-refractivity contribution in [1.82, 2.24) is 10.6 Å². The Morgan fingerprint density at radius 3 is 2.00 bits per heavy atom. The predicted octanol–water partition coefficient (Wildman–Crippen LogP) is 1.89. The predicted molar refractivity (Wildman–Crippen MR) is 131 cm³/mol. The van der Waals surface area contributed by atoms with E-state index in [1.54, 1.807) is 24.3 Å². The summed E-state index contributed by atoms with van der Waals surface area (Å²) in [7, 11) is 0. The Morgan fingerprint density at radius 2 is 1.44 bits per heavy atom. The number of rotatable bonds is 14. The first kappa shape index (κ1) is 28.1. The standard InChI is InChI=1S/C27H30N2O7/c1-3-16-34-19-24(28-20(2)30)26(32)29-23(27(33)36-18-22-12-8-5-9-13-22)14-15-25(31)35-17-21-10-6-4-7-11-21/h1,4-13,23-24H,14-19H2,2H3,(H,28,30)(H,29,32)/t23-,24+/m1/s1. The van der Waals surface area contributed by atoms with Gasteiger partial charge in [0.05, 0.1) is 6.61 Å². The summed E-state index contributed by atoms with van der Waals surface area (Å²) >= 11 is 0. The summed E-state index contributed by atoms with van der Waals surface area (Å²) in [6.07, 6.45) is 4.95. The summed E-state index contributed by atoms with van der Waals surface area (Å²) in [6, 6.07) is 15.9. The molecule has 0 saturated carbocycles. The lowest BCUT2D eigenvalue weighted by molar-refractivity contribution is -0.151. The summed E-state index contributed by atoms with van der Waals surface area (Å²) in [5, 5.41) is 5.00. The van der Waals surface area contributed by atoms with Gasteiger partial charge in [-0.25, -0.2) is 4.79 Å². The average molecular weight is 495 g/mol. The van der Waals surface area contributed by atoms with Gasteiger partial charge in [-0.05, 0) is 17.5 Å². The zero-order valence-electron chi connectivity index (χ0n) is 20.1. The smallest absolute Gasteiger partial charge is 0.328 e. The minimum absolute atomic E-state index is 0.00903. The van der Waals surface area contributed by atoms with E-state index in [4.69, 9.17) is 20.6 Å². The van der Waals surface area contributed by atoms with Crippen LogP contribution in [-0.2, 0) is 46.6 Å². The van der Waals surface area contributed by atoms with Gasteiger partial charge in [0, 0.05) is 13.3 Å². The molecule has 0 aliphatic heterocycles. The summed E-state index contributed by atoms with van der Waals surface area (Å²) in [5.41, 5.74) is 1.58. The third-order valence-electron chi connectivity index (χ3n) is 4.87. The van der Waals surface area contributed by atoms with E-state index < -0.39 is 35.8 Å². The molecule has 0 aliphatic rings. The number of benzene rings is 2. The first-order valence-electron chi connectivity index (χ1n) is 11.4. The van der Waals surface area contributed by atoms with Crippen molar-refractivity contribution in [3.05, 3.63) is 71.8 Å². The number of hydrogen-bond acceptors (Lipinski definition) is 7. The van der Waals surface area contributed by atoms with Crippen LogP contribution >= 0.6 is 0 Å². The van der Waals surface area contributed by atoms with Crippen LogP contribution in [0.4, 0.5) is 0 Å². The van der Waals surface area contributed by atoms with Crippen molar-refractivity contribution in [3.63, 3.8) is 0 Å². The fourth-order valence-electron chi connectivity index (χ4n) is 3.09. The summed E-state index contributed by atoms with van der Waals surface area (Å²) in [5.74, 6) is -0.139. The number of carbonyl (C=O) groups is 4. The lowest BCUT2D eigenvalue weighted by Crippen LogP contribution is -2.53. The van der Waals surface area contributed by atoms with Gasteiger partial charge in [0.15, 0.2) is 0 Å². The van der Waals surface area contributed by atoms with Crippen LogP contribution in [0.3, 0.4) is 0 Å². The van der Waals surface area contributed by atoms with Crippen molar-refractivity contribution in [1.29, 1.82) is 0 Å². The minimum atomic E-state index is -1.16. The largest absolute Gasteiger partial charge is 0.461 e. The van der Waals surface area contributed by atoms with E-state index in [0.717, 1.165) is 11.1 Å². The molecule has 2 N–H and O–H groups in total. The van der Waals surface area contributed by atoms with Gasteiger partial charge in [0.25, 0.3) is 0 Å². The molecule has 0 bridgehead atoms. The van der Waals surface area contributed by atoms with Crippen LogP contribution in [0.15, 0.2) is 60.7 Å². The highest BCUT2D eigenvalue weighted by Gasteiger charge is 2.28. The van der Waals surface area contributed by atoms with E-state index >= 15 is 0 Å². The van der Waals surface area contributed by atoms with Crippen LogP contribution in [0, 0.1) is 12.3 Å². The molecule has 2 amide bonds. The SMILES string of the molecule is C#CCOC[C@H](NC(C)=O)C(=O)N[C@H](CCC(=O)OCc1ccccc1)C(=O)OCc1ccccc1. The number of terminal acetylenes is 1. The van der Waals surface area contributed by atoms with Crippen LogP contribution < -0.4 is 10.6 Å². The van der Waals surface area contributed by atoms with Crippen molar-refractivity contribution in [2.45, 2.75) is 45.1 Å². The van der Waals surface area contributed by atoms with Crippen molar-refractivity contribution in [2.75, 3.05) is 13.2 Å². The first-order valence-corrected chi connectivity index (χ1v) is 11.4. The van der Waals surface area contributed by atoms with E-state index in [9.17, 15) is 19.2 Å². The molecule has 2 aromatic rings. The third-order valence-corrected chi connectivity index (χ3v) is 4.87. The summed E-state index contributed by atoms with van der Waals surface area (Å²) < 4.78 is 15.8. The van der Waals surface area contributed by atoms with Gasteiger partial charge in [-0.3, -0.25) is 14.4 Å². The molecular weight excluding hydrogens is 464 g/mol. The van der Waals surface area contributed by atoms with E-state index in [0.29, 0.717) is 0 Å². The molecule has 9 heteroatoms. The van der Waals surface area contributed by atoms with E-state index in [-0.39, 0.29) is 39.3 Å². The molecule has 0 spiro atoms. The van der Waals surface area contributed by atoms with E-state index in [2.05, 4.69) is 16.6 Å². The Bertz CT molecular complexity index is 1040. The van der Waals surface area contributed by atoms with Crippen LogP contribution in [0.1, 0.15) is 30.9 Å². The van der Waals surface area contributed by atoms with Crippen LogP contribution in [0.5, 0.6) is 0 Å². The molecule has 2 rings (SSSR count). The number of hydrogen-bond donors (Lipinski definition) is 2. The minimum Gasteiger partial charge on any atom is -0.461 e. The average Bonchev–Trinajstić information content (AvgIpc) is 2.88. The Labute approximate surface area is 210 Å². The van der Waals surface area contributed by atoms with Gasteiger partial charge in [0.1, 0.15) is 31.9 Å². The van der Waals surface area contributed by atoms with Crippen molar-refractivity contribution < 1.29 is 33.4 Å². The van der Waals surface area contributed by atoms with Gasteiger partial charge in [0.2, 0.25) is 11.8 Å². The van der Waals surface area contributed by atoms with E-state index in [1.807, 2.05) is 36.4 Å². The molecule has 190 valence electrons. The van der Waals surface area contributed by atoms with Crippen LogP contribution in [0.2, 0.25) is 0 Å². The zero-order valence-corrected chi connectivity index (χ0v) is 20.1. The topological polar surface area (TPSA) is 120 Å². The quantitative estimate of drug-likeness (QED) is 0.234. The van der Waals surface area contributed by atoms with Crippen LogP contribution in [-0.4, -0.2) is 49.1 Å². The fourth-order valence-corrected chi connectivity index (χ4v) is 3.09. The van der Waals surface area contributed by atoms with E-state index in [1.165, 1.54) is 6.92 Å². The summed E-state index contributed by atoms with van der Waals surface area (Å²) in [4.78, 5) is 49.5. The molecule has 2 atom stereocenters. The zero-order chi connectivity index (χ0) is 26.2. The number of ether oxygens (including phenoxy) is 3. The molecule has 0 saturated heterocycles. The molecule has 0 aromatic heterocycles. The van der Waals surface area contributed by atoms with Crippen molar-refractivity contribution in [3.8, 4) is 12.3 Å². The second kappa shape index (κ2) is 15.7. The Kier molecular flexibility index (Phi) is 12.2. The Balaban J connectivity index is 2.01. The molecule has 9 nitrogen and oxygen atoms in total. The second-order valence-electron chi connectivity index (χ2n) is 7.81. The van der Waals surface area contributed by atoms with Crippen molar-refractivity contribution >= 4 is 23.8 Å². The van der Waals surface area contributed by atoms with Gasteiger partial charge in [-0.2, -0.15) is 0 Å². The molecule has 0 radical (unpaired) electrons. The maximum Gasteiger partial charge on any atom is 0.328 e. The molecule has 0 heterocycles. The van der Waals surface area contributed by atoms with Gasteiger partial charge < -0.3 is 24.8 Å². The highest BCUT2D eigenvalue weighted by molar-refractivity contribution is 5.90. The molecule has 36 heavy (non-hydrogen) atoms. The molecule has 0 unspecified atom stereocenters. The third kappa shape index (κ3) is 10.8. The lowest BCUT2D eigenvalue weighted by Gasteiger charge is -2.22. The Morgan fingerprint density at radius 1 is 0.861 bits per heavy atom. The Hall–Kier alpha value is -4.16. The maximum absolute atomic E-state index is 12.8. The lowest BCUT2D eigenvalue weighted by atomic mass is 10.1. The summed E-state index contributed by atoms with van der Waals surface area (Å²) in [6.45, 7) is 1.08. The molecule has 0 fully saturated rings. The fraction of sp³-hybridized carbons (Fsp3) is 0.333. The molecule has 0 aliphatic carbocycles. The van der Waals surface area contributed by atoms with Gasteiger partial charge in [-0.15, -0.1) is 6.42 Å². The maximum atomic E-state index is 12.8.